The average Bonchev–Trinajstić information content (AvgIpc) is 2.60. The number of phenolic OH excluding ortho intramolecular Hbond substituents is 1. The van der Waals surface area contributed by atoms with Gasteiger partial charge in [-0.3, -0.25) is 9.69 Å². The van der Waals surface area contributed by atoms with Crippen LogP contribution in [0.4, 0.5) is 4.79 Å². The van der Waals surface area contributed by atoms with Gasteiger partial charge in [-0.15, -0.1) is 12.4 Å². The number of ketones is 1. The summed E-state index contributed by atoms with van der Waals surface area (Å²) in [4.78, 5) is 27.4. The third-order valence-electron chi connectivity index (χ3n) is 3.93. The Morgan fingerprint density at radius 2 is 1.80 bits per heavy atom. The summed E-state index contributed by atoms with van der Waals surface area (Å²) in [5.74, 6) is 0.274. The fraction of sp³-hybridized carbons (Fsp3) is 0.444. The molecule has 0 bridgehead atoms. The Morgan fingerprint density at radius 1 is 1.16 bits per heavy atom. The fourth-order valence-electron chi connectivity index (χ4n) is 2.50. The van der Waals surface area contributed by atoms with Crippen LogP contribution in [0.2, 0.25) is 0 Å². The molecule has 0 unspecified atom stereocenters. The van der Waals surface area contributed by atoms with Crippen molar-refractivity contribution in [1.29, 1.82) is 0 Å². The lowest BCUT2D eigenvalue weighted by atomic mass is 10.1. The van der Waals surface area contributed by atoms with Gasteiger partial charge in [0.2, 0.25) is 0 Å². The molecule has 0 aliphatic carbocycles. The van der Waals surface area contributed by atoms with E-state index < -0.39 is 0 Å². The van der Waals surface area contributed by atoms with Gasteiger partial charge in [0, 0.05) is 39.1 Å². The second kappa shape index (κ2) is 10.7. The standard InChI is InChI=1S/C18H24N2O4.ClH/c1-2-24-18(23)20-13-11-19(12-14-20)10-9-17(22)8-5-15-3-6-16(21)7-4-15;/h3-8,21H,2,9-14H2,1H3;1H. The van der Waals surface area contributed by atoms with E-state index in [1.54, 1.807) is 48.2 Å². The molecule has 1 saturated heterocycles. The highest BCUT2D eigenvalue weighted by Gasteiger charge is 2.21. The zero-order valence-corrected chi connectivity index (χ0v) is 15.2. The van der Waals surface area contributed by atoms with Crippen molar-refractivity contribution in [3.63, 3.8) is 0 Å². The highest BCUT2D eigenvalue weighted by molar-refractivity contribution is 5.93. The number of benzene rings is 1. The average molecular weight is 369 g/mol. The summed E-state index contributed by atoms with van der Waals surface area (Å²) in [5.41, 5.74) is 0.879. The molecule has 1 N–H and O–H groups in total. The third-order valence-corrected chi connectivity index (χ3v) is 3.93. The minimum absolute atomic E-state index is 0. The van der Waals surface area contributed by atoms with Crippen LogP contribution in [0.5, 0.6) is 5.75 Å². The molecule has 1 aromatic carbocycles. The third kappa shape index (κ3) is 7.15. The number of hydrogen-bond acceptors (Lipinski definition) is 5. The second-order valence-electron chi connectivity index (χ2n) is 5.67. The molecule has 7 heteroatoms. The van der Waals surface area contributed by atoms with Crippen LogP contribution in [0.3, 0.4) is 0 Å². The van der Waals surface area contributed by atoms with Crippen LogP contribution in [-0.2, 0) is 9.53 Å². The lowest BCUT2D eigenvalue weighted by Gasteiger charge is -2.33. The normalized spacial score (nSPS) is 15.0. The predicted molar refractivity (Wildman–Crippen MR) is 99.0 cm³/mol. The first kappa shape index (κ1) is 21.0. The SMILES string of the molecule is CCOC(=O)N1CCN(CCC(=O)C=Cc2ccc(O)cc2)CC1.Cl. The van der Waals surface area contributed by atoms with E-state index >= 15 is 0 Å². The second-order valence-corrected chi connectivity index (χ2v) is 5.67. The van der Waals surface area contributed by atoms with E-state index in [4.69, 9.17) is 4.74 Å². The van der Waals surface area contributed by atoms with Gasteiger partial charge in [-0.2, -0.15) is 0 Å². The number of carbonyl (C=O) groups is 2. The van der Waals surface area contributed by atoms with Gasteiger partial charge in [0.1, 0.15) is 5.75 Å². The van der Waals surface area contributed by atoms with E-state index in [9.17, 15) is 14.7 Å². The van der Waals surface area contributed by atoms with Gasteiger partial charge in [0.25, 0.3) is 0 Å². The van der Waals surface area contributed by atoms with Crippen molar-refractivity contribution in [3.05, 3.63) is 35.9 Å². The molecule has 0 radical (unpaired) electrons. The molecule has 0 atom stereocenters. The van der Waals surface area contributed by atoms with Gasteiger partial charge >= 0.3 is 6.09 Å². The van der Waals surface area contributed by atoms with Gasteiger partial charge in [-0.05, 0) is 30.7 Å². The number of carbonyl (C=O) groups excluding carboxylic acids is 2. The van der Waals surface area contributed by atoms with Crippen LogP contribution in [0.25, 0.3) is 6.08 Å². The molecule has 1 fully saturated rings. The number of nitrogens with zero attached hydrogens (tertiary/aromatic N) is 2. The maximum atomic E-state index is 11.9. The highest BCUT2D eigenvalue weighted by atomic mass is 35.5. The number of aromatic hydroxyl groups is 1. The quantitative estimate of drug-likeness (QED) is 0.781. The van der Waals surface area contributed by atoms with Crippen molar-refractivity contribution in [2.45, 2.75) is 13.3 Å². The Balaban J connectivity index is 0.00000312. The topological polar surface area (TPSA) is 70.1 Å². The molecule has 1 aromatic rings. The molecule has 138 valence electrons. The van der Waals surface area contributed by atoms with Crippen LogP contribution >= 0.6 is 12.4 Å². The van der Waals surface area contributed by atoms with Gasteiger partial charge < -0.3 is 14.7 Å². The predicted octanol–water partition coefficient (Wildman–Crippen LogP) is 2.56. The lowest BCUT2D eigenvalue weighted by Crippen LogP contribution is -2.49. The summed E-state index contributed by atoms with van der Waals surface area (Å²) in [7, 11) is 0. The molecule has 0 aromatic heterocycles. The molecule has 1 aliphatic heterocycles. The van der Waals surface area contributed by atoms with Crippen molar-refractivity contribution in [2.75, 3.05) is 39.3 Å². The molecule has 25 heavy (non-hydrogen) atoms. The van der Waals surface area contributed by atoms with E-state index in [-0.39, 0.29) is 30.0 Å². The van der Waals surface area contributed by atoms with Crippen LogP contribution in [0, 0.1) is 0 Å². The van der Waals surface area contributed by atoms with Gasteiger partial charge in [-0.1, -0.05) is 18.2 Å². The van der Waals surface area contributed by atoms with E-state index in [1.807, 2.05) is 0 Å². The summed E-state index contributed by atoms with van der Waals surface area (Å²) < 4.78 is 4.99. The lowest BCUT2D eigenvalue weighted by molar-refractivity contribution is -0.115. The maximum Gasteiger partial charge on any atom is 0.409 e. The fourth-order valence-corrected chi connectivity index (χ4v) is 2.50. The Morgan fingerprint density at radius 3 is 2.40 bits per heavy atom. The van der Waals surface area contributed by atoms with Crippen molar-refractivity contribution >= 4 is 30.4 Å². The summed E-state index contributed by atoms with van der Waals surface area (Å²) in [6.07, 6.45) is 3.51. The first-order valence-corrected chi connectivity index (χ1v) is 8.22. The minimum Gasteiger partial charge on any atom is -0.508 e. The maximum absolute atomic E-state index is 11.9. The van der Waals surface area contributed by atoms with Crippen molar-refractivity contribution in [2.24, 2.45) is 0 Å². The van der Waals surface area contributed by atoms with Gasteiger partial charge in [-0.25, -0.2) is 4.79 Å². The van der Waals surface area contributed by atoms with Crippen molar-refractivity contribution in [3.8, 4) is 5.75 Å². The molecular formula is C18H25ClN2O4. The number of amides is 1. The first-order chi connectivity index (χ1) is 11.6. The number of halogens is 1. The number of ether oxygens (including phenoxy) is 1. The largest absolute Gasteiger partial charge is 0.508 e. The van der Waals surface area contributed by atoms with E-state index in [1.165, 1.54) is 0 Å². The van der Waals surface area contributed by atoms with Crippen molar-refractivity contribution in [1.82, 2.24) is 9.80 Å². The Kier molecular flexibility index (Phi) is 9.02. The molecule has 6 nitrogen and oxygen atoms in total. The number of phenols is 1. The zero-order chi connectivity index (χ0) is 17.4. The molecule has 1 heterocycles. The number of allylic oxidation sites excluding steroid dienone is 1. The van der Waals surface area contributed by atoms with E-state index in [2.05, 4.69) is 4.90 Å². The van der Waals surface area contributed by atoms with Crippen molar-refractivity contribution < 1.29 is 19.4 Å². The summed E-state index contributed by atoms with van der Waals surface area (Å²) in [6, 6.07) is 6.70. The van der Waals surface area contributed by atoms with Crippen LogP contribution in [0.1, 0.15) is 18.9 Å². The van der Waals surface area contributed by atoms with Crippen LogP contribution in [0.15, 0.2) is 30.3 Å². The Bertz CT molecular complexity index is 581. The molecule has 1 aliphatic rings. The summed E-state index contributed by atoms with van der Waals surface area (Å²) in [6.45, 7) is 5.66. The molecule has 1 amide bonds. The Labute approximate surface area is 154 Å². The van der Waals surface area contributed by atoms with Gasteiger partial charge in [0.15, 0.2) is 5.78 Å². The summed E-state index contributed by atoms with van der Waals surface area (Å²) >= 11 is 0. The van der Waals surface area contributed by atoms with E-state index in [0.717, 1.165) is 18.7 Å². The summed E-state index contributed by atoms with van der Waals surface area (Å²) in [5, 5.41) is 9.22. The monoisotopic (exact) mass is 368 g/mol. The highest BCUT2D eigenvalue weighted by Crippen LogP contribution is 2.11. The number of piperazine rings is 1. The first-order valence-electron chi connectivity index (χ1n) is 8.22. The number of rotatable bonds is 6. The van der Waals surface area contributed by atoms with E-state index in [0.29, 0.717) is 32.7 Å². The molecular weight excluding hydrogens is 344 g/mol. The Hall–Kier alpha value is -2.05. The smallest absolute Gasteiger partial charge is 0.409 e. The van der Waals surface area contributed by atoms with Gasteiger partial charge in [0.05, 0.1) is 6.61 Å². The minimum atomic E-state index is -0.259. The molecule has 2 rings (SSSR count). The molecule has 0 spiro atoms. The molecule has 0 saturated carbocycles. The number of hydrogen-bond donors (Lipinski definition) is 1. The zero-order valence-electron chi connectivity index (χ0n) is 14.4. The van der Waals surface area contributed by atoms with Crippen LogP contribution in [-0.4, -0.2) is 66.1 Å². The van der Waals surface area contributed by atoms with Crippen LogP contribution < -0.4 is 0 Å².